The highest BCUT2D eigenvalue weighted by molar-refractivity contribution is 5.84. The highest BCUT2D eigenvalue weighted by atomic mass is 16.6. The van der Waals surface area contributed by atoms with Crippen LogP contribution in [0, 0.1) is 0 Å². The van der Waals surface area contributed by atoms with Crippen molar-refractivity contribution in [2.24, 2.45) is 0 Å². The fourth-order valence-electron chi connectivity index (χ4n) is 3.52. The van der Waals surface area contributed by atoms with Crippen LogP contribution in [0.5, 0.6) is 0 Å². The molecule has 1 amide bonds. The second-order valence-electron chi connectivity index (χ2n) is 8.62. The molecule has 32 heavy (non-hydrogen) atoms. The molecular weight excluding hydrogens is 404 g/mol. The molecule has 3 rings (SSSR count). The molecule has 0 saturated carbocycles. The Kier molecular flexibility index (Phi) is 7.36. The van der Waals surface area contributed by atoms with Crippen molar-refractivity contribution in [3.05, 3.63) is 84.1 Å². The number of nitrogens with one attached hydrogen (secondary N) is 1. The normalized spacial score (nSPS) is 12.6. The zero-order valence-electron chi connectivity index (χ0n) is 19.0. The number of rotatable bonds is 7. The van der Waals surface area contributed by atoms with Crippen LogP contribution >= 0.6 is 0 Å². The molecule has 2 aromatic carbocycles. The predicted octanol–water partition coefficient (Wildman–Crippen LogP) is 4.85. The van der Waals surface area contributed by atoms with Gasteiger partial charge in [-0.05, 0) is 44.4 Å². The Hall–Kier alpha value is -3.54. The van der Waals surface area contributed by atoms with Crippen LogP contribution in [-0.2, 0) is 27.2 Å². The minimum absolute atomic E-state index is 0.445. The Morgan fingerprint density at radius 1 is 1.06 bits per heavy atom. The molecule has 1 heterocycles. The van der Waals surface area contributed by atoms with E-state index in [0.29, 0.717) is 6.42 Å². The Morgan fingerprint density at radius 3 is 2.44 bits per heavy atom. The summed E-state index contributed by atoms with van der Waals surface area (Å²) >= 11 is 0. The van der Waals surface area contributed by atoms with Gasteiger partial charge in [0.1, 0.15) is 5.60 Å². The molecule has 0 aliphatic carbocycles. The number of fused-ring (bicyclic) bond motifs is 1. The van der Waals surface area contributed by atoms with Gasteiger partial charge in [0, 0.05) is 29.7 Å². The van der Waals surface area contributed by atoms with E-state index in [-0.39, 0.29) is 0 Å². The van der Waals surface area contributed by atoms with Crippen LogP contribution in [0.15, 0.2) is 72.9 Å². The number of aromatic nitrogens is 1. The maximum atomic E-state index is 12.4. The first-order valence-electron chi connectivity index (χ1n) is 10.6. The molecule has 1 atom stereocenters. The minimum Gasteiger partial charge on any atom is -0.466 e. The summed E-state index contributed by atoms with van der Waals surface area (Å²) in [5.41, 5.74) is 2.76. The summed E-state index contributed by atoms with van der Waals surface area (Å²) in [5.74, 6) is -0.479. The van der Waals surface area contributed by atoms with Crippen LogP contribution in [0.2, 0.25) is 0 Å². The van der Waals surface area contributed by atoms with Gasteiger partial charge in [-0.3, -0.25) is 0 Å². The van der Waals surface area contributed by atoms with Crippen molar-refractivity contribution in [2.45, 2.75) is 45.4 Å². The van der Waals surface area contributed by atoms with Crippen molar-refractivity contribution >= 4 is 23.0 Å². The summed E-state index contributed by atoms with van der Waals surface area (Å²) in [4.78, 5) is 24.0. The predicted molar refractivity (Wildman–Crippen MR) is 125 cm³/mol. The van der Waals surface area contributed by atoms with Gasteiger partial charge in [-0.1, -0.05) is 54.6 Å². The van der Waals surface area contributed by atoms with Gasteiger partial charge >= 0.3 is 12.1 Å². The summed E-state index contributed by atoms with van der Waals surface area (Å²) in [6, 6.07) is 18.0. The molecule has 0 bridgehead atoms. The molecule has 0 radical (unpaired) electrons. The average molecular weight is 435 g/mol. The Bertz CT molecular complexity index is 1090. The van der Waals surface area contributed by atoms with Crippen molar-refractivity contribution in [2.75, 3.05) is 7.11 Å². The highest BCUT2D eigenvalue weighted by Crippen LogP contribution is 2.24. The first-order chi connectivity index (χ1) is 15.2. The number of methoxy groups -OCH3 is 1. The van der Waals surface area contributed by atoms with E-state index in [4.69, 9.17) is 9.47 Å². The summed E-state index contributed by atoms with van der Waals surface area (Å²) in [6.07, 6.45) is 5.03. The van der Waals surface area contributed by atoms with Gasteiger partial charge in [0.15, 0.2) is 0 Å². The molecule has 6 nitrogen and oxygen atoms in total. The summed E-state index contributed by atoms with van der Waals surface area (Å²) < 4.78 is 12.3. The number of hydrogen-bond acceptors (Lipinski definition) is 4. The van der Waals surface area contributed by atoms with Gasteiger partial charge < -0.3 is 19.4 Å². The fraction of sp³-hybridized carbons (Fsp3) is 0.308. The number of amides is 1. The number of esters is 1. The van der Waals surface area contributed by atoms with Gasteiger partial charge in [0.05, 0.1) is 13.2 Å². The third-order valence-electron chi connectivity index (χ3n) is 4.87. The molecule has 1 N–H and O–H groups in total. The number of hydrogen-bond donors (Lipinski definition) is 1. The van der Waals surface area contributed by atoms with Gasteiger partial charge in [0.2, 0.25) is 0 Å². The number of alkyl carbamates (subject to hydrolysis) is 1. The van der Waals surface area contributed by atoms with E-state index in [1.165, 1.54) is 18.7 Å². The molecule has 0 aliphatic rings. The molecule has 0 aliphatic heterocycles. The SMILES string of the molecule is COC(=O)/C=C/C(Cc1cn(Cc2ccccc2)c2ccccc12)NC(=O)OC(C)(C)C. The lowest BCUT2D eigenvalue weighted by Gasteiger charge is -2.22. The summed E-state index contributed by atoms with van der Waals surface area (Å²) in [5, 5.41) is 3.96. The van der Waals surface area contributed by atoms with Crippen LogP contribution in [-0.4, -0.2) is 35.4 Å². The molecule has 0 fully saturated rings. The number of benzene rings is 2. The number of nitrogens with zero attached hydrogens (tertiary/aromatic N) is 1. The first kappa shape index (κ1) is 23.1. The zero-order valence-corrected chi connectivity index (χ0v) is 19.0. The second kappa shape index (κ2) is 10.2. The molecule has 3 aromatic rings. The molecule has 0 spiro atoms. The van der Waals surface area contributed by atoms with Gasteiger partial charge in [-0.25, -0.2) is 9.59 Å². The molecule has 1 unspecified atom stereocenters. The standard InChI is InChI=1S/C26H30N2O4/c1-26(2,3)32-25(30)27-21(14-15-24(29)31-4)16-20-18-28(17-19-10-6-5-7-11-19)23-13-9-8-12-22(20)23/h5-15,18,21H,16-17H2,1-4H3,(H,27,30)/b15-14+. The minimum atomic E-state index is -0.619. The van der Waals surface area contributed by atoms with Crippen LogP contribution < -0.4 is 5.32 Å². The van der Waals surface area contributed by atoms with E-state index in [0.717, 1.165) is 23.0 Å². The monoisotopic (exact) mass is 434 g/mol. The van der Waals surface area contributed by atoms with E-state index in [1.807, 2.05) is 51.1 Å². The maximum Gasteiger partial charge on any atom is 0.408 e. The Morgan fingerprint density at radius 2 is 1.75 bits per heavy atom. The summed E-state index contributed by atoms with van der Waals surface area (Å²) in [7, 11) is 1.32. The van der Waals surface area contributed by atoms with Crippen molar-refractivity contribution in [3.8, 4) is 0 Å². The first-order valence-corrected chi connectivity index (χ1v) is 10.6. The molecule has 0 saturated heterocycles. The van der Waals surface area contributed by atoms with Crippen LogP contribution in [0.4, 0.5) is 4.79 Å². The highest BCUT2D eigenvalue weighted by Gasteiger charge is 2.20. The number of para-hydroxylation sites is 1. The van der Waals surface area contributed by atoms with E-state index in [1.54, 1.807) is 6.08 Å². The van der Waals surface area contributed by atoms with Crippen molar-refractivity contribution in [1.29, 1.82) is 0 Å². The van der Waals surface area contributed by atoms with E-state index < -0.39 is 23.7 Å². The second-order valence-corrected chi connectivity index (χ2v) is 8.62. The Labute approximate surface area is 188 Å². The number of carbonyl (C=O) groups is 2. The van der Waals surface area contributed by atoms with Crippen LogP contribution in [0.1, 0.15) is 31.9 Å². The average Bonchev–Trinajstić information content (AvgIpc) is 3.08. The topological polar surface area (TPSA) is 69.6 Å². The summed E-state index contributed by atoms with van der Waals surface area (Å²) in [6.45, 7) is 6.17. The van der Waals surface area contributed by atoms with E-state index >= 15 is 0 Å². The smallest absolute Gasteiger partial charge is 0.408 e. The van der Waals surface area contributed by atoms with Gasteiger partial charge in [0.25, 0.3) is 0 Å². The van der Waals surface area contributed by atoms with Crippen molar-refractivity contribution < 1.29 is 19.1 Å². The molecule has 1 aromatic heterocycles. The third kappa shape index (κ3) is 6.48. The lowest BCUT2D eigenvalue weighted by molar-refractivity contribution is -0.134. The van der Waals surface area contributed by atoms with E-state index in [2.05, 4.69) is 40.3 Å². The van der Waals surface area contributed by atoms with Crippen LogP contribution in [0.3, 0.4) is 0 Å². The molecule has 6 heteroatoms. The fourth-order valence-corrected chi connectivity index (χ4v) is 3.52. The third-order valence-corrected chi connectivity index (χ3v) is 4.87. The van der Waals surface area contributed by atoms with Crippen molar-refractivity contribution in [3.63, 3.8) is 0 Å². The lowest BCUT2D eigenvalue weighted by Crippen LogP contribution is -2.39. The number of carbonyl (C=O) groups excluding carboxylic acids is 2. The molecular formula is C26H30N2O4. The Balaban J connectivity index is 1.89. The van der Waals surface area contributed by atoms with Gasteiger partial charge in [-0.2, -0.15) is 0 Å². The molecule has 168 valence electrons. The number of ether oxygens (including phenoxy) is 2. The van der Waals surface area contributed by atoms with Crippen LogP contribution in [0.25, 0.3) is 10.9 Å². The quantitative estimate of drug-likeness (QED) is 0.426. The lowest BCUT2D eigenvalue weighted by atomic mass is 10.0. The maximum absolute atomic E-state index is 12.4. The van der Waals surface area contributed by atoms with E-state index in [9.17, 15) is 9.59 Å². The zero-order chi connectivity index (χ0) is 23.1. The largest absolute Gasteiger partial charge is 0.466 e. The van der Waals surface area contributed by atoms with Gasteiger partial charge in [-0.15, -0.1) is 0 Å². The van der Waals surface area contributed by atoms with Crippen molar-refractivity contribution in [1.82, 2.24) is 9.88 Å².